The minimum atomic E-state index is 0.189. The van der Waals surface area contributed by atoms with Gasteiger partial charge in [-0.05, 0) is 31.7 Å². The van der Waals surface area contributed by atoms with Crippen LogP contribution in [0.1, 0.15) is 44.0 Å². The number of rotatable bonds is 3. The minimum Gasteiger partial charge on any atom is -0.394 e. The van der Waals surface area contributed by atoms with Crippen molar-refractivity contribution in [3.05, 3.63) is 17.5 Å². The third-order valence-electron chi connectivity index (χ3n) is 3.30. The van der Waals surface area contributed by atoms with E-state index < -0.39 is 0 Å². The fourth-order valence-corrected chi connectivity index (χ4v) is 2.29. The number of aliphatic hydroxyl groups is 1. The molecule has 0 aromatic carbocycles. The van der Waals surface area contributed by atoms with E-state index in [1.165, 1.54) is 0 Å². The van der Waals surface area contributed by atoms with Crippen molar-refractivity contribution in [2.24, 2.45) is 0 Å². The second-order valence-corrected chi connectivity index (χ2v) is 5.06. The first-order chi connectivity index (χ1) is 8.11. The molecule has 94 valence electrons. The van der Waals surface area contributed by atoms with Gasteiger partial charge < -0.3 is 10.0 Å². The van der Waals surface area contributed by atoms with Gasteiger partial charge in [0.1, 0.15) is 0 Å². The molecule has 1 aromatic rings. The van der Waals surface area contributed by atoms with Crippen LogP contribution in [0.5, 0.6) is 0 Å². The number of anilines is 1. The van der Waals surface area contributed by atoms with Gasteiger partial charge in [-0.25, -0.2) is 9.97 Å². The van der Waals surface area contributed by atoms with Crippen LogP contribution in [0.3, 0.4) is 0 Å². The standard InChI is InChI=1S/C13H21N3O/c1-9(2)12-7-10(3)14-13(15-12)16-6-4-5-11(16)8-17/h7,9,11,17H,4-6,8H2,1-3H3. The predicted molar refractivity (Wildman–Crippen MR) is 68.3 cm³/mol. The third-order valence-corrected chi connectivity index (χ3v) is 3.30. The molecule has 17 heavy (non-hydrogen) atoms. The van der Waals surface area contributed by atoms with E-state index in [4.69, 9.17) is 0 Å². The van der Waals surface area contributed by atoms with E-state index >= 15 is 0 Å². The van der Waals surface area contributed by atoms with Gasteiger partial charge in [0.15, 0.2) is 0 Å². The van der Waals surface area contributed by atoms with Gasteiger partial charge in [-0.15, -0.1) is 0 Å². The fourth-order valence-electron chi connectivity index (χ4n) is 2.29. The number of hydrogen-bond acceptors (Lipinski definition) is 4. The molecule has 4 nitrogen and oxygen atoms in total. The summed E-state index contributed by atoms with van der Waals surface area (Å²) in [6.45, 7) is 7.42. The molecular formula is C13H21N3O. The molecule has 1 fully saturated rings. The number of hydrogen-bond donors (Lipinski definition) is 1. The summed E-state index contributed by atoms with van der Waals surface area (Å²) in [5, 5.41) is 9.35. The Balaban J connectivity index is 2.31. The molecule has 1 atom stereocenters. The van der Waals surface area contributed by atoms with E-state index in [9.17, 15) is 5.11 Å². The molecule has 0 radical (unpaired) electrons. The summed E-state index contributed by atoms with van der Waals surface area (Å²) in [7, 11) is 0. The molecule has 0 saturated carbocycles. The van der Waals surface area contributed by atoms with Crippen molar-refractivity contribution >= 4 is 5.95 Å². The van der Waals surface area contributed by atoms with Crippen LogP contribution in [-0.4, -0.2) is 34.3 Å². The first-order valence-electron chi connectivity index (χ1n) is 6.35. The maximum absolute atomic E-state index is 9.35. The second-order valence-electron chi connectivity index (χ2n) is 5.06. The molecule has 0 aliphatic carbocycles. The third kappa shape index (κ3) is 2.57. The van der Waals surface area contributed by atoms with Crippen molar-refractivity contribution in [3.8, 4) is 0 Å². The smallest absolute Gasteiger partial charge is 0.226 e. The molecule has 1 unspecified atom stereocenters. The van der Waals surface area contributed by atoms with Gasteiger partial charge in [-0.3, -0.25) is 0 Å². The Morgan fingerprint density at radius 2 is 2.24 bits per heavy atom. The highest BCUT2D eigenvalue weighted by atomic mass is 16.3. The monoisotopic (exact) mass is 235 g/mol. The highest BCUT2D eigenvalue weighted by molar-refractivity contribution is 5.36. The highest BCUT2D eigenvalue weighted by Gasteiger charge is 2.26. The minimum absolute atomic E-state index is 0.189. The van der Waals surface area contributed by atoms with Gasteiger partial charge in [0.25, 0.3) is 0 Å². The normalized spacial score (nSPS) is 20.3. The van der Waals surface area contributed by atoms with Gasteiger partial charge >= 0.3 is 0 Å². The van der Waals surface area contributed by atoms with Crippen LogP contribution in [0.25, 0.3) is 0 Å². The van der Waals surface area contributed by atoms with Gasteiger partial charge in [-0.2, -0.15) is 0 Å². The summed E-state index contributed by atoms with van der Waals surface area (Å²) in [6.07, 6.45) is 2.14. The molecule has 0 spiro atoms. The Kier molecular flexibility index (Phi) is 3.62. The molecular weight excluding hydrogens is 214 g/mol. The van der Waals surface area contributed by atoms with E-state index in [0.717, 1.165) is 36.7 Å². The van der Waals surface area contributed by atoms with Gasteiger partial charge in [0.05, 0.1) is 12.6 Å². The van der Waals surface area contributed by atoms with Crippen LogP contribution in [0.15, 0.2) is 6.07 Å². The Labute approximate surface area is 103 Å². The maximum atomic E-state index is 9.35. The molecule has 1 saturated heterocycles. The molecule has 0 amide bonds. The lowest BCUT2D eigenvalue weighted by Gasteiger charge is -2.24. The summed E-state index contributed by atoms with van der Waals surface area (Å²) in [6, 6.07) is 2.23. The zero-order chi connectivity index (χ0) is 12.4. The summed E-state index contributed by atoms with van der Waals surface area (Å²) in [4.78, 5) is 11.3. The summed E-state index contributed by atoms with van der Waals surface area (Å²) >= 11 is 0. The van der Waals surface area contributed by atoms with Crippen molar-refractivity contribution in [2.75, 3.05) is 18.1 Å². The van der Waals surface area contributed by atoms with Gasteiger partial charge in [0, 0.05) is 17.9 Å². The fraction of sp³-hybridized carbons (Fsp3) is 0.692. The van der Waals surface area contributed by atoms with Crippen LogP contribution >= 0.6 is 0 Å². The van der Waals surface area contributed by atoms with E-state index in [1.807, 2.05) is 13.0 Å². The predicted octanol–water partition coefficient (Wildman–Crippen LogP) is 1.87. The Hall–Kier alpha value is -1.16. The van der Waals surface area contributed by atoms with Crippen LogP contribution in [0.2, 0.25) is 0 Å². The van der Waals surface area contributed by atoms with Crippen LogP contribution in [0.4, 0.5) is 5.95 Å². The Bertz CT molecular complexity index is 392. The van der Waals surface area contributed by atoms with Crippen LogP contribution in [0, 0.1) is 6.92 Å². The molecule has 1 aliphatic rings. The van der Waals surface area contributed by atoms with E-state index in [0.29, 0.717) is 5.92 Å². The molecule has 2 rings (SSSR count). The van der Waals surface area contributed by atoms with E-state index in [1.54, 1.807) is 0 Å². The molecule has 0 bridgehead atoms. The number of aryl methyl sites for hydroxylation is 1. The van der Waals surface area contributed by atoms with Crippen molar-refractivity contribution in [1.82, 2.24) is 9.97 Å². The summed E-state index contributed by atoms with van der Waals surface area (Å²) in [5.74, 6) is 1.19. The number of nitrogens with zero attached hydrogens (tertiary/aromatic N) is 3. The quantitative estimate of drug-likeness (QED) is 0.869. The van der Waals surface area contributed by atoms with E-state index in [2.05, 4.69) is 28.7 Å². The zero-order valence-corrected chi connectivity index (χ0v) is 10.8. The number of aromatic nitrogens is 2. The molecule has 1 aliphatic heterocycles. The molecule has 4 heteroatoms. The van der Waals surface area contributed by atoms with Gasteiger partial charge in [0.2, 0.25) is 5.95 Å². The zero-order valence-electron chi connectivity index (χ0n) is 10.8. The van der Waals surface area contributed by atoms with Crippen molar-refractivity contribution < 1.29 is 5.11 Å². The lowest BCUT2D eigenvalue weighted by molar-refractivity contribution is 0.265. The first kappa shape index (κ1) is 12.3. The highest BCUT2D eigenvalue weighted by Crippen LogP contribution is 2.24. The lowest BCUT2D eigenvalue weighted by atomic mass is 10.1. The van der Waals surface area contributed by atoms with Crippen LogP contribution in [-0.2, 0) is 0 Å². The second kappa shape index (κ2) is 5.00. The summed E-state index contributed by atoms with van der Waals surface area (Å²) in [5.41, 5.74) is 2.08. The Morgan fingerprint density at radius 3 is 2.88 bits per heavy atom. The SMILES string of the molecule is Cc1cc(C(C)C)nc(N2CCCC2CO)n1. The molecule has 2 heterocycles. The average Bonchev–Trinajstić information content (AvgIpc) is 2.76. The number of aliphatic hydroxyl groups excluding tert-OH is 1. The first-order valence-corrected chi connectivity index (χ1v) is 6.35. The van der Waals surface area contributed by atoms with Crippen molar-refractivity contribution in [3.63, 3.8) is 0 Å². The lowest BCUT2D eigenvalue weighted by Crippen LogP contribution is -2.33. The largest absolute Gasteiger partial charge is 0.394 e. The van der Waals surface area contributed by atoms with Crippen molar-refractivity contribution in [2.45, 2.75) is 45.6 Å². The Morgan fingerprint density at radius 1 is 1.47 bits per heavy atom. The van der Waals surface area contributed by atoms with E-state index in [-0.39, 0.29) is 12.6 Å². The molecule has 1 N–H and O–H groups in total. The van der Waals surface area contributed by atoms with Gasteiger partial charge in [-0.1, -0.05) is 13.8 Å². The van der Waals surface area contributed by atoms with Crippen molar-refractivity contribution in [1.29, 1.82) is 0 Å². The van der Waals surface area contributed by atoms with Crippen LogP contribution < -0.4 is 4.90 Å². The average molecular weight is 235 g/mol. The maximum Gasteiger partial charge on any atom is 0.226 e. The summed E-state index contributed by atoms with van der Waals surface area (Å²) < 4.78 is 0. The molecule has 1 aromatic heterocycles. The topological polar surface area (TPSA) is 49.2 Å².